The second-order valence-corrected chi connectivity index (χ2v) is 6.53. The van der Waals surface area contributed by atoms with Crippen LogP contribution in [0.1, 0.15) is 28.8 Å². The van der Waals surface area contributed by atoms with Crippen molar-refractivity contribution in [3.05, 3.63) is 71.8 Å². The number of rotatable bonds is 8. The number of amides is 2. The number of esters is 1. The van der Waals surface area contributed by atoms with Crippen molar-refractivity contribution in [1.29, 1.82) is 0 Å². The van der Waals surface area contributed by atoms with Crippen LogP contribution in [0.25, 0.3) is 0 Å². The maximum absolute atomic E-state index is 12.5. The standard InChI is InChI=1S/C21H22N2O4/c24-19(22-17-11-12-17)14-27-21(26)18(13-15-7-3-1-4-8-15)23-20(25)16-9-5-2-6-10-16/h1-10,17-18H,11-14H2,(H,22,24)(H,23,25)/t18-/m0/s1. The molecule has 1 atom stereocenters. The topological polar surface area (TPSA) is 84.5 Å². The number of carbonyl (C=O) groups excluding carboxylic acids is 3. The number of carbonyl (C=O) groups is 3. The highest BCUT2D eigenvalue weighted by molar-refractivity contribution is 5.97. The van der Waals surface area contributed by atoms with Crippen LogP contribution in [0.15, 0.2) is 60.7 Å². The van der Waals surface area contributed by atoms with Crippen LogP contribution in [0, 0.1) is 0 Å². The second kappa shape index (κ2) is 8.98. The first-order valence-electron chi connectivity index (χ1n) is 8.97. The predicted molar refractivity (Wildman–Crippen MR) is 100.0 cm³/mol. The van der Waals surface area contributed by atoms with Gasteiger partial charge in [-0.15, -0.1) is 0 Å². The molecule has 0 aliphatic heterocycles. The van der Waals surface area contributed by atoms with Crippen molar-refractivity contribution in [3.8, 4) is 0 Å². The van der Waals surface area contributed by atoms with Gasteiger partial charge in [-0.1, -0.05) is 48.5 Å². The summed E-state index contributed by atoms with van der Waals surface area (Å²) < 4.78 is 5.14. The molecule has 2 amide bonds. The summed E-state index contributed by atoms with van der Waals surface area (Å²) in [6.45, 7) is -0.345. The average Bonchev–Trinajstić information content (AvgIpc) is 3.51. The predicted octanol–water partition coefficient (Wildman–Crippen LogP) is 1.85. The van der Waals surface area contributed by atoms with E-state index in [4.69, 9.17) is 4.74 Å². The van der Waals surface area contributed by atoms with Gasteiger partial charge < -0.3 is 15.4 Å². The van der Waals surface area contributed by atoms with E-state index in [2.05, 4.69) is 10.6 Å². The van der Waals surface area contributed by atoms with Gasteiger partial charge in [0.05, 0.1) is 0 Å². The van der Waals surface area contributed by atoms with E-state index < -0.39 is 12.0 Å². The first-order chi connectivity index (χ1) is 13.1. The zero-order valence-electron chi connectivity index (χ0n) is 14.9. The third kappa shape index (κ3) is 5.95. The summed E-state index contributed by atoms with van der Waals surface area (Å²) in [4.78, 5) is 36.7. The van der Waals surface area contributed by atoms with Crippen molar-refractivity contribution < 1.29 is 19.1 Å². The first kappa shape index (κ1) is 18.6. The highest BCUT2D eigenvalue weighted by Gasteiger charge is 2.26. The highest BCUT2D eigenvalue weighted by Crippen LogP contribution is 2.18. The zero-order chi connectivity index (χ0) is 19.1. The molecule has 0 heterocycles. The molecule has 0 saturated heterocycles. The van der Waals surface area contributed by atoms with Crippen molar-refractivity contribution in [2.75, 3.05) is 6.61 Å². The van der Waals surface area contributed by atoms with Gasteiger partial charge in [0.25, 0.3) is 11.8 Å². The van der Waals surface area contributed by atoms with E-state index in [1.54, 1.807) is 24.3 Å². The monoisotopic (exact) mass is 366 g/mol. The van der Waals surface area contributed by atoms with Gasteiger partial charge in [0.1, 0.15) is 6.04 Å². The van der Waals surface area contributed by atoms with Crippen molar-refractivity contribution in [3.63, 3.8) is 0 Å². The van der Waals surface area contributed by atoms with Gasteiger partial charge in [0, 0.05) is 18.0 Å². The Morgan fingerprint density at radius 2 is 1.59 bits per heavy atom. The van der Waals surface area contributed by atoms with Gasteiger partial charge in [0.15, 0.2) is 6.61 Å². The molecule has 6 heteroatoms. The van der Waals surface area contributed by atoms with E-state index >= 15 is 0 Å². The Morgan fingerprint density at radius 3 is 2.22 bits per heavy atom. The largest absolute Gasteiger partial charge is 0.454 e. The van der Waals surface area contributed by atoms with Crippen molar-refractivity contribution in [2.45, 2.75) is 31.3 Å². The number of ether oxygens (including phenoxy) is 1. The summed E-state index contributed by atoms with van der Waals surface area (Å²) in [6.07, 6.45) is 2.20. The summed E-state index contributed by atoms with van der Waals surface area (Å²) in [7, 11) is 0. The molecule has 0 aromatic heterocycles. The van der Waals surface area contributed by atoms with Crippen LogP contribution in [0.3, 0.4) is 0 Å². The SMILES string of the molecule is O=C(COC(=O)[C@H](Cc1ccccc1)NC(=O)c1ccccc1)NC1CC1. The third-order valence-electron chi connectivity index (χ3n) is 4.20. The smallest absolute Gasteiger partial charge is 0.329 e. The van der Waals surface area contributed by atoms with E-state index in [9.17, 15) is 14.4 Å². The molecule has 1 fully saturated rings. The lowest BCUT2D eigenvalue weighted by molar-refractivity contribution is -0.150. The Morgan fingerprint density at radius 1 is 0.963 bits per heavy atom. The van der Waals surface area contributed by atoms with E-state index in [0.717, 1.165) is 18.4 Å². The molecule has 0 radical (unpaired) electrons. The minimum absolute atomic E-state index is 0.203. The van der Waals surface area contributed by atoms with E-state index in [1.807, 2.05) is 36.4 Å². The fourth-order valence-corrected chi connectivity index (χ4v) is 2.61. The molecule has 1 aliphatic carbocycles. The van der Waals surface area contributed by atoms with Gasteiger partial charge in [-0.2, -0.15) is 0 Å². The van der Waals surface area contributed by atoms with Crippen LogP contribution in [0.5, 0.6) is 0 Å². The number of hydrogen-bond donors (Lipinski definition) is 2. The van der Waals surface area contributed by atoms with Crippen molar-refractivity contribution in [1.82, 2.24) is 10.6 Å². The van der Waals surface area contributed by atoms with Crippen molar-refractivity contribution >= 4 is 17.8 Å². The fourth-order valence-electron chi connectivity index (χ4n) is 2.61. The third-order valence-corrected chi connectivity index (χ3v) is 4.20. The molecule has 0 bridgehead atoms. The van der Waals surface area contributed by atoms with Gasteiger partial charge in [0.2, 0.25) is 0 Å². The molecule has 6 nitrogen and oxygen atoms in total. The van der Waals surface area contributed by atoms with E-state index in [0.29, 0.717) is 5.56 Å². The summed E-state index contributed by atoms with van der Waals surface area (Å²) in [6, 6.07) is 17.3. The summed E-state index contributed by atoms with van der Waals surface area (Å²) in [5.74, 6) is -1.32. The van der Waals surface area contributed by atoms with Gasteiger partial charge in [-0.25, -0.2) is 4.79 Å². The molecule has 140 valence electrons. The molecule has 2 N–H and O–H groups in total. The number of hydrogen-bond acceptors (Lipinski definition) is 4. The van der Waals surface area contributed by atoms with Crippen LogP contribution in [-0.2, 0) is 20.7 Å². The molecule has 1 saturated carbocycles. The Bertz CT molecular complexity index is 788. The molecule has 1 aliphatic rings. The lowest BCUT2D eigenvalue weighted by Gasteiger charge is -2.18. The minimum Gasteiger partial charge on any atom is -0.454 e. The van der Waals surface area contributed by atoms with Crippen LogP contribution in [0.4, 0.5) is 0 Å². The molecule has 27 heavy (non-hydrogen) atoms. The fraction of sp³-hybridized carbons (Fsp3) is 0.286. The number of nitrogens with one attached hydrogen (secondary N) is 2. The van der Waals surface area contributed by atoms with Crippen LogP contribution >= 0.6 is 0 Å². The maximum Gasteiger partial charge on any atom is 0.329 e. The summed E-state index contributed by atoms with van der Waals surface area (Å²) in [5, 5.41) is 5.47. The summed E-state index contributed by atoms with van der Waals surface area (Å²) in [5.41, 5.74) is 1.34. The average molecular weight is 366 g/mol. The van der Waals surface area contributed by atoms with Gasteiger partial charge in [-0.05, 0) is 30.5 Å². The quantitative estimate of drug-likeness (QED) is 0.699. The first-order valence-corrected chi connectivity index (χ1v) is 8.97. The maximum atomic E-state index is 12.5. The van der Waals surface area contributed by atoms with E-state index in [-0.39, 0.29) is 30.9 Å². The second-order valence-electron chi connectivity index (χ2n) is 6.53. The zero-order valence-corrected chi connectivity index (χ0v) is 14.9. The van der Waals surface area contributed by atoms with Crippen LogP contribution in [-0.4, -0.2) is 36.5 Å². The van der Waals surface area contributed by atoms with Gasteiger partial charge in [-0.3, -0.25) is 9.59 Å². The molecule has 3 rings (SSSR count). The van der Waals surface area contributed by atoms with Crippen molar-refractivity contribution in [2.24, 2.45) is 0 Å². The van der Waals surface area contributed by atoms with Gasteiger partial charge >= 0.3 is 5.97 Å². The molecule has 0 spiro atoms. The lowest BCUT2D eigenvalue weighted by atomic mass is 10.1. The Labute approximate surface area is 157 Å². The Hall–Kier alpha value is -3.15. The van der Waals surface area contributed by atoms with E-state index in [1.165, 1.54) is 0 Å². The molecule has 2 aromatic carbocycles. The normalized spacial score (nSPS) is 14.1. The lowest BCUT2D eigenvalue weighted by Crippen LogP contribution is -2.44. The molecule has 2 aromatic rings. The number of benzene rings is 2. The highest BCUT2D eigenvalue weighted by atomic mass is 16.5. The Balaban J connectivity index is 1.63. The molecular weight excluding hydrogens is 344 g/mol. The summed E-state index contributed by atoms with van der Waals surface area (Å²) >= 11 is 0. The van der Waals surface area contributed by atoms with Crippen LogP contribution in [0.2, 0.25) is 0 Å². The Kier molecular flexibility index (Phi) is 6.20. The molecular formula is C21H22N2O4. The van der Waals surface area contributed by atoms with Crippen LogP contribution < -0.4 is 10.6 Å². The minimum atomic E-state index is -0.881. The molecule has 0 unspecified atom stereocenters.